The Morgan fingerprint density at radius 3 is 1.38 bits per heavy atom. The highest BCUT2D eigenvalue weighted by Gasteiger charge is 2.52. The molecule has 24 nitrogen and oxygen atoms in total. The molecule has 5 aliphatic heterocycles. The van der Waals surface area contributed by atoms with Crippen molar-refractivity contribution in [2.24, 2.45) is 0 Å². The molecule has 4 aromatic heterocycles. The Morgan fingerprint density at radius 1 is 0.556 bits per heavy atom. The van der Waals surface area contributed by atoms with Gasteiger partial charge in [-0.1, -0.05) is 49.2 Å². The lowest BCUT2D eigenvalue weighted by Crippen LogP contribution is -2.52. The number of rotatable bonds is 20. The predicted molar refractivity (Wildman–Crippen MR) is 451 cm³/mol. The first-order valence-electron chi connectivity index (χ1n) is 37.1. The van der Waals surface area contributed by atoms with Crippen LogP contribution in [-0.4, -0.2) is 213 Å². The summed E-state index contributed by atoms with van der Waals surface area (Å²) in [5.41, 5.74) is 21.8. The largest absolute Gasteiger partial charge is 0.494 e. The van der Waals surface area contributed by atoms with Crippen molar-refractivity contribution in [3.05, 3.63) is 135 Å². The first-order chi connectivity index (χ1) is 51.4. The summed E-state index contributed by atoms with van der Waals surface area (Å²) in [6.45, 7) is 32.7. The molecule has 0 bridgehead atoms. The first-order valence-corrected chi connectivity index (χ1v) is 43.9. The summed E-state index contributed by atoms with van der Waals surface area (Å²) in [4.78, 5) is 41.9. The summed E-state index contributed by atoms with van der Waals surface area (Å²) in [6.07, 6.45) is 12.9. The van der Waals surface area contributed by atoms with Crippen molar-refractivity contribution < 1.29 is 27.9 Å². The maximum Gasteiger partial charge on any atom is 0.494 e. The van der Waals surface area contributed by atoms with Crippen molar-refractivity contribution >= 4 is 146 Å². The quantitative estimate of drug-likeness (QED) is 0.0235. The van der Waals surface area contributed by atoms with E-state index in [-0.39, 0.29) is 0 Å². The molecule has 13 rings (SSSR count). The molecule has 0 spiro atoms. The second kappa shape index (κ2) is 35.4. The number of piperidine rings is 2. The maximum absolute atomic E-state index is 13.6. The van der Waals surface area contributed by atoms with Gasteiger partial charge in [-0.2, -0.15) is 9.97 Å². The van der Waals surface area contributed by atoms with Crippen molar-refractivity contribution in [1.82, 2.24) is 49.5 Å². The number of aromatic nitrogens is 6. The van der Waals surface area contributed by atoms with E-state index in [1.165, 1.54) is 22.5 Å². The highest BCUT2D eigenvalue weighted by molar-refractivity contribution is 9.10. The normalized spacial score (nSPS) is 17.7. The van der Waals surface area contributed by atoms with E-state index >= 15 is 0 Å². The van der Waals surface area contributed by atoms with Gasteiger partial charge in [-0.25, -0.2) is 15.0 Å². The van der Waals surface area contributed by atoms with Gasteiger partial charge in [-0.3, -0.25) is 14.8 Å². The van der Waals surface area contributed by atoms with E-state index in [4.69, 9.17) is 63.4 Å². The van der Waals surface area contributed by atoms with Crippen LogP contribution in [0.5, 0.6) is 11.5 Å². The molecule has 4 aromatic carbocycles. The lowest BCUT2D eigenvalue weighted by Gasteiger charge is -2.43. The Balaban J connectivity index is 0.000000194. The molecule has 0 saturated carbocycles. The fraction of sp³-hybridized carbons (Fsp3) is 0.462. The Morgan fingerprint density at radius 2 is 0.981 bits per heavy atom. The summed E-state index contributed by atoms with van der Waals surface area (Å²) in [7, 11) is 1.72. The van der Waals surface area contributed by atoms with E-state index in [1.54, 1.807) is 89.9 Å². The fourth-order valence-corrected chi connectivity index (χ4v) is 17.1. The lowest BCUT2D eigenvalue weighted by molar-refractivity contribution is 0.00578. The van der Waals surface area contributed by atoms with E-state index in [2.05, 4.69) is 139 Å². The number of nitrogens with one attached hydrogen (secondary N) is 4. The van der Waals surface area contributed by atoms with Crippen LogP contribution in [0.3, 0.4) is 0 Å². The molecule has 578 valence electrons. The Labute approximate surface area is 656 Å². The van der Waals surface area contributed by atoms with Gasteiger partial charge in [0, 0.05) is 143 Å². The van der Waals surface area contributed by atoms with Crippen LogP contribution in [0.2, 0.25) is 10.0 Å². The standard InChI is InChI=1S/C37H54BClN7O4P.C36H47ClN9O2P.C5H5BrN2/c1-10-25-21-30(32(48-7)23-31(25)46-15-13-27(14-16-46)45-19-17-44(6)18-20-45)42-35-40-24-28(39)34(43-35)41-29-12-11-26(22-33(29)51(8,9)47)38-49-36(2,3)37(4,5)50-38;1-6-24-20-30(32(48-3)22-31(24)46-14-11-26(12-15-46)45-18-16-44(2)17-19-45)42-36-40-23-27(37)35(43-36)41-29-10-9-25(21-33(29)49(4,5)47)34-28(38)8-7-13-39-34;6-5-4(7)2-1-3-8-5/h11-12,21-24,27H,10,13-20H2,1-9H3,(H2,40,41,42,43);7-10,13,20-23,26H,6,11-12,14-19,38H2,1-5H3,(H2,40,41,42,43);1-3H,7H2. The van der Waals surface area contributed by atoms with Crippen molar-refractivity contribution in [1.29, 1.82) is 0 Å². The number of aryl methyl sites for hydroxylation is 2. The van der Waals surface area contributed by atoms with Crippen LogP contribution in [-0.2, 0) is 31.3 Å². The number of nitrogen functional groups attached to an aromatic ring is 2. The Bertz CT molecular complexity index is 4510. The smallest absolute Gasteiger partial charge is 0.494 e. The van der Waals surface area contributed by atoms with E-state index in [0.717, 1.165) is 145 Å². The Hall–Kier alpha value is -7.32. The van der Waals surface area contributed by atoms with Gasteiger partial charge in [0.2, 0.25) is 11.9 Å². The number of methoxy groups -OCH3 is 2. The summed E-state index contributed by atoms with van der Waals surface area (Å²) < 4.78 is 52.1. The van der Waals surface area contributed by atoms with Gasteiger partial charge < -0.3 is 80.2 Å². The van der Waals surface area contributed by atoms with Crippen LogP contribution in [0, 0.1) is 0 Å². The Kier molecular flexibility index (Phi) is 26.7. The van der Waals surface area contributed by atoms with Crippen LogP contribution < -0.4 is 68.1 Å². The third-order valence-electron chi connectivity index (χ3n) is 21.4. The van der Waals surface area contributed by atoms with Crippen molar-refractivity contribution in [2.75, 3.05) is 176 Å². The third-order valence-corrected chi connectivity index (χ3v) is 25.7. The zero-order valence-electron chi connectivity index (χ0n) is 64.9. The summed E-state index contributed by atoms with van der Waals surface area (Å²) >= 11 is 16.4. The van der Waals surface area contributed by atoms with Crippen LogP contribution in [0.15, 0.2) is 114 Å². The summed E-state index contributed by atoms with van der Waals surface area (Å²) in [6, 6.07) is 28.3. The van der Waals surface area contributed by atoms with Gasteiger partial charge >= 0.3 is 7.12 Å². The molecule has 8 N–H and O–H groups in total. The van der Waals surface area contributed by atoms with Gasteiger partial charge in [0.25, 0.3) is 0 Å². The molecule has 30 heteroatoms. The van der Waals surface area contributed by atoms with E-state index in [1.807, 2.05) is 64.1 Å². The fourth-order valence-electron chi connectivity index (χ4n) is 14.3. The number of nitrogens with zero attached hydrogens (tertiary/aromatic N) is 12. The van der Waals surface area contributed by atoms with E-state index in [9.17, 15) is 9.13 Å². The number of likely N-dealkylation sites (N-methyl/N-ethyl adjacent to an activating group) is 2. The third kappa shape index (κ3) is 19.9. The first kappa shape index (κ1) is 81.7. The summed E-state index contributed by atoms with van der Waals surface area (Å²) in [5, 5.41) is 15.3. The molecule has 0 unspecified atom stereocenters. The van der Waals surface area contributed by atoms with Crippen LogP contribution >= 0.6 is 53.4 Å². The van der Waals surface area contributed by atoms with Gasteiger partial charge in [0.1, 0.15) is 40.4 Å². The number of nitrogens with two attached hydrogens (primary N) is 2. The molecule has 0 radical (unpaired) electrons. The number of pyridine rings is 2. The van der Waals surface area contributed by atoms with Gasteiger partial charge in [-0.15, -0.1) is 0 Å². The molecular formula is C78H106BBrCl2N18O6P2. The number of ether oxygens (including phenoxy) is 2. The molecule has 5 aliphatic rings. The van der Waals surface area contributed by atoms with Crippen LogP contribution in [0.25, 0.3) is 11.3 Å². The summed E-state index contributed by atoms with van der Waals surface area (Å²) in [5.74, 6) is 2.91. The minimum absolute atomic E-state index is 0.327. The number of hydrogen-bond acceptors (Lipinski definition) is 24. The number of halogens is 3. The zero-order valence-corrected chi connectivity index (χ0v) is 69.7. The van der Waals surface area contributed by atoms with Gasteiger partial charge in [0.15, 0.2) is 11.6 Å². The maximum atomic E-state index is 13.6. The zero-order chi connectivity index (χ0) is 77.4. The molecule has 0 amide bonds. The molecule has 108 heavy (non-hydrogen) atoms. The van der Waals surface area contributed by atoms with Crippen molar-refractivity contribution in [2.45, 2.75) is 103 Å². The topological polar surface area (TPSA) is 268 Å². The van der Waals surface area contributed by atoms with Crippen molar-refractivity contribution in [3.8, 4) is 22.8 Å². The van der Waals surface area contributed by atoms with Crippen LogP contribution in [0.4, 0.5) is 69.0 Å². The SMILES string of the molecule is CCc1cc(Nc2ncc(Cl)c(Nc3ccc(-c4ncccc4N)cc3P(C)(C)=O)n2)c(OC)cc1N1CCC(N2CCN(C)CC2)CC1.CCc1cc(Nc2ncc(Cl)c(Nc3ccc(B4OC(C)(C)C(C)(C)O4)cc3P(C)(C)=O)n2)c(OC)cc1N1CCC(N2CCN(C)CC2)CC1.Nc1cccnc1Br. The molecule has 9 heterocycles. The number of hydrogen-bond donors (Lipinski definition) is 6. The number of piperazine rings is 2. The average molecular weight is 1620 g/mol. The van der Waals surface area contributed by atoms with Gasteiger partial charge in [-0.05, 0) is 200 Å². The highest BCUT2D eigenvalue weighted by Crippen LogP contribution is 2.45. The molecule has 0 atom stereocenters. The molecule has 5 saturated heterocycles. The monoisotopic (exact) mass is 1610 g/mol. The average Bonchev–Trinajstić information content (AvgIpc) is 1.62. The lowest BCUT2D eigenvalue weighted by atomic mass is 9.79. The van der Waals surface area contributed by atoms with Gasteiger partial charge in [0.05, 0.1) is 77.6 Å². The van der Waals surface area contributed by atoms with Crippen molar-refractivity contribution in [3.63, 3.8) is 0 Å². The van der Waals surface area contributed by atoms with E-state index in [0.29, 0.717) is 95.1 Å². The minimum atomic E-state index is -2.76. The second-order valence-electron chi connectivity index (χ2n) is 30.1. The number of benzene rings is 4. The second-order valence-corrected chi connectivity index (χ2v) is 38.0. The molecule has 8 aromatic rings. The highest BCUT2D eigenvalue weighted by atomic mass is 79.9. The number of anilines is 12. The molecule has 0 aliphatic carbocycles. The van der Waals surface area contributed by atoms with Crippen LogP contribution in [0.1, 0.15) is 78.4 Å². The van der Waals surface area contributed by atoms with E-state index < -0.39 is 32.6 Å². The minimum Gasteiger partial charge on any atom is -0.494 e. The molecular weight excluding hydrogens is 1510 g/mol. The predicted octanol–water partition coefficient (Wildman–Crippen LogP) is 13.7. The molecule has 5 fully saturated rings.